The summed E-state index contributed by atoms with van der Waals surface area (Å²) in [6.07, 6.45) is 4.19. The number of nitrogen functional groups attached to an aromatic ring is 1. The molecule has 1 aliphatic rings. The lowest BCUT2D eigenvalue weighted by atomic mass is 10.1. The Kier molecular flexibility index (Phi) is 5.47. The van der Waals surface area contributed by atoms with Gasteiger partial charge in [-0.15, -0.1) is 0 Å². The van der Waals surface area contributed by atoms with Gasteiger partial charge in [0.25, 0.3) is 0 Å². The van der Waals surface area contributed by atoms with Crippen molar-refractivity contribution in [2.24, 2.45) is 0 Å². The van der Waals surface area contributed by atoms with Crippen molar-refractivity contribution in [1.29, 1.82) is 5.26 Å². The lowest BCUT2D eigenvalue weighted by molar-refractivity contribution is 0.235. The molecule has 1 fully saturated rings. The van der Waals surface area contributed by atoms with Gasteiger partial charge in [0, 0.05) is 33.0 Å². The second-order valence-electron chi connectivity index (χ2n) is 6.82. The molecule has 2 heterocycles. The van der Waals surface area contributed by atoms with Crippen LogP contribution in [0, 0.1) is 11.5 Å². The van der Waals surface area contributed by atoms with Gasteiger partial charge in [0.1, 0.15) is 5.82 Å². The first-order valence-electron chi connectivity index (χ1n) is 9.16. The summed E-state index contributed by atoms with van der Waals surface area (Å²) >= 11 is 7.63. The van der Waals surface area contributed by atoms with Gasteiger partial charge in [-0.1, -0.05) is 35.5 Å². The van der Waals surface area contributed by atoms with Crippen molar-refractivity contribution in [3.05, 3.63) is 59.6 Å². The fraction of sp³-hybridized carbons (Fsp3) is 0.238. The zero-order valence-electron chi connectivity index (χ0n) is 15.3. The number of nitrogens with zero attached hydrogens (tertiary/aromatic N) is 4. The standard InChI is InChI=1S/C21H20ClN5S/c22-16-5-9-19(10-6-16)28-18-7-3-15(4-8-18)20-12-21(24)27(25-20)17-2-1-11-26(13-17)14-23/h3-10,12,17H,1-2,11,13,24H2. The van der Waals surface area contributed by atoms with E-state index in [9.17, 15) is 0 Å². The van der Waals surface area contributed by atoms with Gasteiger partial charge in [-0.05, 0) is 49.2 Å². The summed E-state index contributed by atoms with van der Waals surface area (Å²) in [6, 6.07) is 18.2. The maximum atomic E-state index is 9.16. The lowest BCUT2D eigenvalue weighted by Gasteiger charge is -2.29. The van der Waals surface area contributed by atoms with Gasteiger partial charge in [0.2, 0.25) is 0 Å². The number of halogens is 1. The fourth-order valence-corrected chi connectivity index (χ4v) is 4.36. The molecular weight excluding hydrogens is 390 g/mol. The normalized spacial score (nSPS) is 16.7. The predicted octanol–water partition coefficient (Wildman–Crippen LogP) is 5.05. The Morgan fingerprint density at radius 3 is 2.46 bits per heavy atom. The van der Waals surface area contributed by atoms with Gasteiger partial charge >= 0.3 is 0 Å². The second kappa shape index (κ2) is 8.17. The van der Waals surface area contributed by atoms with Crippen molar-refractivity contribution < 1.29 is 0 Å². The Bertz CT molecular complexity index is 991. The number of likely N-dealkylation sites (tertiary alicyclic amines) is 1. The molecule has 1 aliphatic heterocycles. The van der Waals surface area contributed by atoms with Crippen molar-refractivity contribution in [2.75, 3.05) is 18.8 Å². The Morgan fingerprint density at radius 1 is 1.11 bits per heavy atom. The third kappa shape index (κ3) is 4.11. The van der Waals surface area contributed by atoms with E-state index in [0.717, 1.165) is 45.5 Å². The van der Waals surface area contributed by atoms with Crippen LogP contribution in [0.1, 0.15) is 18.9 Å². The summed E-state index contributed by atoms with van der Waals surface area (Å²) in [5, 5.41) is 14.6. The number of rotatable bonds is 4. The van der Waals surface area contributed by atoms with Gasteiger partial charge < -0.3 is 10.6 Å². The van der Waals surface area contributed by atoms with Crippen LogP contribution in [0.5, 0.6) is 0 Å². The Morgan fingerprint density at radius 2 is 1.79 bits per heavy atom. The summed E-state index contributed by atoms with van der Waals surface area (Å²) in [5.74, 6) is 0.638. The van der Waals surface area contributed by atoms with Crippen LogP contribution >= 0.6 is 23.4 Å². The molecule has 2 N–H and O–H groups in total. The van der Waals surface area contributed by atoms with Crippen molar-refractivity contribution in [3.63, 3.8) is 0 Å². The third-order valence-electron chi connectivity index (χ3n) is 4.85. The number of benzene rings is 2. The molecule has 1 saturated heterocycles. The van der Waals surface area contributed by atoms with E-state index in [4.69, 9.17) is 27.7 Å². The van der Waals surface area contributed by atoms with E-state index in [-0.39, 0.29) is 6.04 Å². The van der Waals surface area contributed by atoms with Gasteiger partial charge in [-0.2, -0.15) is 10.4 Å². The quantitative estimate of drug-likeness (QED) is 0.610. The Hall–Kier alpha value is -2.62. The first kappa shape index (κ1) is 18.7. The fourth-order valence-electron chi connectivity index (χ4n) is 3.42. The highest BCUT2D eigenvalue weighted by molar-refractivity contribution is 7.99. The number of hydrogen-bond donors (Lipinski definition) is 1. The highest BCUT2D eigenvalue weighted by atomic mass is 35.5. The molecule has 5 nitrogen and oxygen atoms in total. The third-order valence-corrected chi connectivity index (χ3v) is 6.12. The minimum absolute atomic E-state index is 0.141. The maximum absolute atomic E-state index is 9.16. The van der Waals surface area contributed by atoms with Crippen LogP contribution in [0.2, 0.25) is 5.02 Å². The van der Waals surface area contributed by atoms with E-state index < -0.39 is 0 Å². The monoisotopic (exact) mass is 409 g/mol. The van der Waals surface area contributed by atoms with E-state index >= 15 is 0 Å². The predicted molar refractivity (Wildman–Crippen MR) is 113 cm³/mol. The Labute approximate surface area is 173 Å². The average molecular weight is 410 g/mol. The summed E-state index contributed by atoms with van der Waals surface area (Å²) in [6.45, 7) is 1.48. The number of aromatic nitrogens is 2. The number of piperidine rings is 1. The zero-order valence-corrected chi connectivity index (χ0v) is 16.8. The van der Waals surface area contributed by atoms with Crippen LogP contribution in [0.3, 0.4) is 0 Å². The number of anilines is 1. The first-order valence-corrected chi connectivity index (χ1v) is 10.4. The van der Waals surface area contributed by atoms with Crippen LogP contribution in [0.25, 0.3) is 11.3 Å². The molecule has 0 radical (unpaired) electrons. The lowest BCUT2D eigenvalue weighted by Crippen LogP contribution is -2.34. The van der Waals surface area contributed by atoms with E-state index in [0.29, 0.717) is 12.4 Å². The highest BCUT2D eigenvalue weighted by Gasteiger charge is 2.23. The molecule has 3 aromatic rings. The van der Waals surface area contributed by atoms with Crippen LogP contribution in [-0.4, -0.2) is 27.8 Å². The number of hydrogen-bond acceptors (Lipinski definition) is 5. The second-order valence-corrected chi connectivity index (χ2v) is 8.40. The molecule has 0 aliphatic carbocycles. The molecule has 0 spiro atoms. The number of nitriles is 1. The van der Waals surface area contributed by atoms with Gasteiger partial charge in [-0.25, -0.2) is 4.68 Å². The molecule has 28 heavy (non-hydrogen) atoms. The molecule has 1 aromatic heterocycles. The van der Waals surface area contributed by atoms with Crippen molar-refractivity contribution in [3.8, 4) is 17.5 Å². The van der Waals surface area contributed by atoms with Gasteiger partial charge in [-0.3, -0.25) is 0 Å². The van der Waals surface area contributed by atoms with Crippen molar-refractivity contribution in [1.82, 2.24) is 14.7 Å². The topological polar surface area (TPSA) is 70.9 Å². The van der Waals surface area contributed by atoms with Crippen LogP contribution in [-0.2, 0) is 0 Å². The summed E-state index contributed by atoms with van der Waals surface area (Å²) in [4.78, 5) is 4.07. The van der Waals surface area contributed by atoms with Crippen molar-refractivity contribution in [2.45, 2.75) is 28.7 Å². The Balaban J connectivity index is 1.50. The van der Waals surface area contributed by atoms with E-state index in [1.807, 2.05) is 35.0 Å². The minimum atomic E-state index is 0.141. The summed E-state index contributed by atoms with van der Waals surface area (Å²) < 4.78 is 1.87. The molecule has 1 unspecified atom stereocenters. The molecule has 7 heteroatoms. The van der Waals surface area contributed by atoms with Gasteiger partial charge in [0.15, 0.2) is 6.19 Å². The maximum Gasteiger partial charge on any atom is 0.179 e. The molecule has 0 bridgehead atoms. The molecule has 142 valence electrons. The number of nitrogens with two attached hydrogens (primary N) is 1. The van der Waals surface area contributed by atoms with Crippen LogP contribution in [0.15, 0.2) is 64.4 Å². The first-order chi connectivity index (χ1) is 13.6. The SMILES string of the molecule is N#CN1CCCC(n2nc(-c3ccc(Sc4ccc(Cl)cc4)cc3)cc2N)C1. The molecule has 2 aromatic carbocycles. The minimum Gasteiger partial charge on any atom is -0.384 e. The zero-order chi connectivity index (χ0) is 19.5. The highest BCUT2D eigenvalue weighted by Crippen LogP contribution is 2.31. The van der Waals surface area contributed by atoms with E-state index in [1.54, 1.807) is 16.7 Å². The molecule has 0 amide bonds. The molecular formula is C21H20ClN5S. The smallest absolute Gasteiger partial charge is 0.179 e. The van der Waals surface area contributed by atoms with Crippen LogP contribution in [0.4, 0.5) is 5.82 Å². The van der Waals surface area contributed by atoms with E-state index in [1.165, 1.54) is 0 Å². The molecule has 1 atom stereocenters. The van der Waals surface area contributed by atoms with Crippen LogP contribution < -0.4 is 5.73 Å². The summed E-state index contributed by atoms with van der Waals surface area (Å²) in [5.41, 5.74) is 8.11. The van der Waals surface area contributed by atoms with Gasteiger partial charge in [0.05, 0.1) is 18.3 Å². The van der Waals surface area contributed by atoms with Crippen molar-refractivity contribution >= 4 is 29.2 Å². The summed E-state index contributed by atoms with van der Waals surface area (Å²) in [7, 11) is 0. The molecule has 0 saturated carbocycles. The van der Waals surface area contributed by atoms with E-state index in [2.05, 4.69) is 30.5 Å². The molecule has 4 rings (SSSR count). The largest absolute Gasteiger partial charge is 0.384 e. The average Bonchev–Trinajstić information content (AvgIpc) is 3.12.